The highest BCUT2D eigenvalue weighted by Gasteiger charge is 2.28. The zero-order chi connectivity index (χ0) is 13.9. The Bertz CT molecular complexity index is 415. The molecule has 1 N–H and O–H groups in total. The van der Waals surface area contributed by atoms with Gasteiger partial charge in [-0.3, -0.25) is 4.74 Å². The summed E-state index contributed by atoms with van der Waals surface area (Å²) < 4.78 is 41.3. The molecule has 0 bridgehead atoms. The Morgan fingerprint density at radius 1 is 1.37 bits per heavy atom. The van der Waals surface area contributed by atoms with Crippen LogP contribution in [0, 0.1) is 0 Å². The molecule has 19 heavy (non-hydrogen) atoms. The summed E-state index contributed by atoms with van der Waals surface area (Å²) in [5.41, 5.74) is 2.45. The van der Waals surface area contributed by atoms with Gasteiger partial charge >= 0.3 is 6.36 Å². The zero-order valence-electron chi connectivity index (χ0n) is 11.0. The number of aromatic nitrogens is 1. The van der Waals surface area contributed by atoms with Gasteiger partial charge in [-0.05, 0) is 37.4 Å². The molecule has 3 nitrogen and oxygen atoms in total. The van der Waals surface area contributed by atoms with E-state index in [0.29, 0.717) is 6.04 Å². The Hall–Kier alpha value is -1.01. The standard InChI is InChI=1S/C13H19F3N2O/c1-17-12-5-3-2-4-10-8-18(9-11(10)12)6-7-19-13(14,15)16/h8-9,12,17H,2-7H2,1H3. The van der Waals surface area contributed by atoms with Crippen LogP contribution in [0.3, 0.4) is 0 Å². The molecule has 1 aromatic heterocycles. The Morgan fingerprint density at radius 2 is 2.16 bits per heavy atom. The van der Waals surface area contributed by atoms with Crippen LogP contribution in [0.15, 0.2) is 12.4 Å². The maximum atomic E-state index is 11.9. The van der Waals surface area contributed by atoms with E-state index in [1.54, 1.807) is 4.57 Å². The molecule has 1 aliphatic rings. The van der Waals surface area contributed by atoms with Gasteiger partial charge in [-0.2, -0.15) is 0 Å². The van der Waals surface area contributed by atoms with Gasteiger partial charge in [-0.15, -0.1) is 13.2 Å². The summed E-state index contributed by atoms with van der Waals surface area (Å²) in [6.07, 6.45) is 3.74. The summed E-state index contributed by atoms with van der Waals surface area (Å²) in [5.74, 6) is 0. The van der Waals surface area contributed by atoms with E-state index >= 15 is 0 Å². The molecule has 1 heterocycles. The maximum Gasteiger partial charge on any atom is 0.522 e. The van der Waals surface area contributed by atoms with Gasteiger partial charge in [0.15, 0.2) is 0 Å². The molecule has 0 spiro atoms. The predicted octanol–water partition coefficient (Wildman–Crippen LogP) is 3.01. The van der Waals surface area contributed by atoms with Crippen molar-refractivity contribution in [3.8, 4) is 0 Å². The molecule has 0 amide bonds. The molecule has 0 aromatic carbocycles. The van der Waals surface area contributed by atoms with Crippen molar-refractivity contribution in [1.29, 1.82) is 0 Å². The van der Waals surface area contributed by atoms with E-state index in [4.69, 9.17) is 0 Å². The molecule has 0 radical (unpaired) electrons. The van der Waals surface area contributed by atoms with Crippen molar-refractivity contribution in [2.24, 2.45) is 0 Å². The van der Waals surface area contributed by atoms with Crippen molar-refractivity contribution < 1.29 is 17.9 Å². The van der Waals surface area contributed by atoms with E-state index in [0.717, 1.165) is 19.3 Å². The Kier molecular flexibility index (Phi) is 4.52. The van der Waals surface area contributed by atoms with Gasteiger partial charge in [0.25, 0.3) is 0 Å². The molecular weight excluding hydrogens is 257 g/mol. The van der Waals surface area contributed by atoms with Crippen LogP contribution in [0.4, 0.5) is 13.2 Å². The van der Waals surface area contributed by atoms with Crippen molar-refractivity contribution >= 4 is 0 Å². The summed E-state index contributed by atoms with van der Waals surface area (Å²) in [6, 6.07) is 0.308. The van der Waals surface area contributed by atoms with Crippen molar-refractivity contribution in [1.82, 2.24) is 9.88 Å². The molecule has 2 rings (SSSR count). The van der Waals surface area contributed by atoms with E-state index in [-0.39, 0.29) is 13.2 Å². The number of rotatable bonds is 4. The molecule has 1 atom stereocenters. The zero-order valence-corrected chi connectivity index (χ0v) is 11.0. The lowest BCUT2D eigenvalue weighted by Gasteiger charge is -2.13. The predicted molar refractivity (Wildman–Crippen MR) is 65.8 cm³/mol. The second-order valence-corrected chi connectivity index (χ2v) is 4.86. The van der Waals surface area contributed by atoms with Gasteiger partial charge in [0.05, 0.1) is 6.61 Å². The lowest BCUT2D eigenvalue weighted by Crippen LogP contribution is -2.17. The Balaban J connectivity index is 2.00. The molecule has 0 saturated heterocycles. The third-order valence-corrected chi connectivity index (χ3v) is 3.53. The average molecular weight is 276 g/mol. The minimum Gasteiger partial charge on any atom is -0.351 e. The number of aryl methyl sites for hydroxylation is 1. The van der Waals surface area contributed by atoms with Gasteiger partial charge in [0.2, 0.25) is 0 Å². The van der Waals surface area contributed by atoms with E-state index in [2.05, 4.69) is 10.1 Å². The number of hydrogen-bond donors (Lipinski definition) is 1. The van der Waals surface area contributed by atoms with E-state index in [1.165, 1.54) is 17.5 Å². The van der Waals surface area contributed by atoms with Gasteiger partial charge < -0.3 is 9.88 Å². The number of nitrogens with zero attached hydrogens (tertiary/aromatic N) is 1. The molecule has 1 aromatic rings. The van der Waals surface area contributed by atoms with Gasteiger partial charge in [-0.25, -0.2) is 0 Å². The largest absolute Gasteiger partial charge is 0.522 e. The third-order valence-electron chi connectivity index (χ3n) is 3.53. The molecular formula is C13H19F3N2O. The smallest absolute Gasteiger partial charge is 0.351 e. The van der Waals surface area contributed by atoms with E-state index in [1.807, 2.05) is 19.4 Å². The maximum absolute atomic E-state index is 11.9. The normalized spacial score (nSPS) is 20.1. The van der Waals surface area contributed by atoms with Crippen molar-refractivity contribution in [2.45, 2.75) is 44.6 Å². The lowest BCUT2D eigenvalue weighted by atomic mass is 10.1. The van der Waals surface area contributed by atoms with Crippen molar-refractivity contribution in [3.05, 3.63) is 23.5 Å². The Labute approximate surface area is 110 Å². The minimum atomic E-state index is -4.54. The fourth-order valence-electron chi connectivity index (χ4n) is 2.61. The van der Waals surface area contributed by atoms with E-state index < -0.39 is 6.36 Å². The second-order valence-electron chi connectivity index (χ2n) is 4.86. The van der Waals surface area contributed by atoms with Gasteiger partial charge in [-0.1, -0.05) is 6.42 Å². The fraction of sp³-hybridized carbons (Fsp3) is 0.692. The summed E-state index contributed by atoms with van der Waals surface area (Å²) in [7, 11) is 1.92. The average Bonchev–Trinajstić information content (AvgIpc) is 2.62. The SMILES string of the molecule is CNC1CCCCc2cn(CCOC(F)(F)F)cc21. The van der Waals surface area contributed by atoms with Crippen LogP contribution in [0.2, 0.25) is 0 Å². The molecule has 0 saturated carbocycles. The van der Waals surface area contributed by atoms with Crippen LogP contribution in [0.25, 0.3) is 0 Å². The molecule has 1 unspecified atom stereocenters. The van der Waals surface area contributed by atoms with Crippen LogP contribution >= 0.6 is 0 Å². The Morgan fingerprint density at radius 3 is 2.84 bits per heavy atom. The summed E-state index contributed by atoms with van der Waals surface area (Å²) >= 11 is 0. The first-order valence-corrected chi connectivity index (χ1v) is 6.56. The molecule has 1 aliphatic carbocycles. The third kappa shape index (κ3) is 3.98. The summed E-state index contributed by atoms with van der Waals surface area (Å²) in [4.78, 5) is 0. The van der Waals surface area contributed by atoms with Gasteiger partial charge in [0.1, 0.15) is 0 Å². The number of nitrogens with one attached hydrogen (secondary N) is 1. The topological polar surface area (TPSA) is 26.2 Å². The highest BCUT2D eigenvalue weighted by Crippen LogP contribution is 2.29. The highest BCUT2D eigenvalue weighted by atomic mass is 19.4. The number of alkyl halides is 3. The van der Waals surface area contributed by atoms with E-state index in [9.17, 15) is 13.2 Å². The number of ether oxygens (including phenoxy) is 1. The molecule has 108 valence electrons. The first-order valence-electron chi connectivity index (χ1n) is 6.56. The minimum absolute atomic E-state index is 0.225. The fourth-order valence-corrected chi connectivity index (χ4v) is 2.61. The number of fused-ring (bicyclic) bond motifs is 1. The molecule has 6 heteroatoms. The van der Waals surface area contributed by atoms with Crippen LogP contribution in [0.5, 0.6) is 0 Å². The number of hydrogen-bond acceptors (Lipinski definition) is 2. The quantitative estimate of drug-likeness (QED) is 0.856. The van der Waals surface area contributed by atoms with Crippen LogP contribution in [-0.4, -0.2) is 24.6 Å². The van der Waals surface area contributed by atoms with Gasteiger partial charge in [0, 0.05) is 25.0 Å². The summed E-state index contributed by atoms with van der Waals surface area (Å²) in [5, 5.41) is 3.27. The lowest BCUT2D eigenvalue weighted by molar-refractivity contribution is -0.325. The van der Waals surface area contributed by atoms with Crippen LogP contribution in [0.1, 0.15) is 36.4 Å². The number of halogens is 3. The first kappa shape index (κ1) is 14.4. The van der Waals surface area contributed by atoms with Crippen molar-refractivity contribution in [3.63, 3.8) is 0 Å². The first-order chi connectivity index (χ1) is 8.99. The molecule has 0 aliphatic heterocycles. The van der Waals surface area contributed by atoms with Crippen molar-refractivity contribution in [2.75, 3.05) is 13.7 Å². The summed E-state index contributed by atoms with van der Waals surface area (Å²) in [6.45, 7) is -0.121. The van der Waals surface area contributed by atoms with Crippen LogP contribution in [-0.2, 0) is 17.7 Å². The molecule has 0 fully saturated rings. The highest BCUT2D eigenvalue weighted by molar-refractivity contribution is 5.29. The second kappa shape index (κ2) is 5.96. The van der Waals surface area contributed by atoms with Crippen LogP contribution < -0.4 is 5.32 Å². The monoisotopic (exact) mass is 276 g/mol.